The zero-order valence-electron chi connectivity index (χ0n) is 12.1. The van der Waals surface area contributed by atoms with Crippen LogP contribution in [-0.4, -0.2) is 80.1 Å². The highest BCUT2D eigenvalue weighted by Crippen LogP contribution is 2.37. The number of aliphatic hydroxyl groups excluding tert-OH is 3. The fourth-order valence-corrected chi connectivity index (χ4v) is 2.28. The van der Waals surface area contributed by atoms with Crippen molar-refractivity contribution in [3.8, 4) is 0 Å². The van der Waals surface area contributed by atoms with E-state index in [0.717, 1.165) is 0 Å². The van der Waals surface area contributed by atoms with Gasteiger partial charge in [-0.1, -0.05) is 0 Å². The van der Waals surface area contributed by atoms with Gasteiger partial charge in [0, 0.05) is 13.0 Å². The van der Waals surface area contributed by atoms with E-state index in [0.29, 0.717) is 12.8 Å². The molecule has 0 bridgehead atoms. The van der Waals surface area contributed by atoms with Gasteiger partial charge in [0.2, 0.25) is 0 Å². The van der Waals surface area contributed by atoms with Gasteiger partial charge in [0.1, 0.15) is 24.4 Å². The van der Waals surface area contributed by atoms with Crippen molar-refractivity contribution in [2.45, 2.75) is 50.0 Å². The first-order valence-corrected chi connectivity index (χ1v) is 8.38. The number of carboxylic acids is 1. The first-order valence-electron chi connectivity index (χ1n) is 6.85. The Bertz CT molecular complexity index is 424. The molecule has 0 aromatic rings. The van der Waals surface area contributed by atoms with Crippen molar-refractivity contribution in [2.24, 2.45) is 0 Å². The van der Waals surface area contributed by atoms with E-state index in [2.05, 4.69) is 4.52 Å². The third kappa shape index (κ3) is 7.21. The molecule has 1 saturated heterocycles. The van der Waals surface area contributed by atoms with Gasteiger partial charge in [-0.2, -0.15) is 0 Å². The predicted molar refractivity (Wildman–Crippen MR) is 72.1 cm³/mol. The molecule has 0 spiro atoms. The van der Waals surface area contributed by atoms with Crippen LogP contribution >= 0.6 is 7.82 Å². The first kappa shape index (κ1) is 20.4. The summed E-state index contributed by atoms with van der Waals surface area (Å²) in [6.45, 7) is -0.683. The van der Waals surface area contributed by atoms with Gasteiger partial charge in [-0.05, 0) is 12.8 Å². The molecule has 6 N–H and O–H groups in total. The van der Waals surface area contributed by atoms with E-state index in [1.807, 2.05) is 0 Å². The quantitative estimate of drug-likeness (QED) is 0.201. The highest BCUT2D eigenvalue weighted by Gasteiger charge is 2.44. The minimum Gasteiger partial charge on any atom is -0.481 e. The fraction of sp³-hybridized carbons (Fsp3) is 0.909. The number of rotatable bonds is 9. The maximum absolute atomic E-state index is 10.7. The van der Waals surface area contributed by atoms with E-state index < -0.39 is 51.1 Å². The predicted octanol–water partition coefficient (Wildman–Crippen LogP) is -1.83. The Kier molecular flexibility index (Phi) is 8.01. The maximum Gasteiger partial charge on any atom is 0.469 e. The number of phosphoric acid groups is 1. The van der Waals surface area contributed by atoms with Gasteiger partial charge < -0.3 is 39.7 Å². The molecular weight excluding hydrogens is 339 g/mol. The van der Waals surface area contributed by atoms with Crippen molar-refractivity contribution in [1.29, 1.82) is 0 Å². The average Bonchev–Trinajstić information content (AvgIpc) is 2.44. The molecule has 23 heavy (non-hydrogen) atoms. The Hall–Kier alpha value is -0.620. The van der Waals surface area contributed by atoms with Crippen molar-refractivity contribution >= 4 is 13.8 Å². The zero-order chi connectivity index (χ0) is 17.6. The van der Waals surface area contributed by atoms with E-state index in [-0.39, 0.29) is 13.0 Å². The summed E-state index contributed by atoms with van der Waals surface area (Å²) >= 11 is 0. The van der Waals surface area contributed by atoms with E-state index >= 15 is 0 Å². The Balaban J connectivity index is 2.48. The molecule has 1 rings (SSSR count). The zero-order valence-corrected chi connectivity index (χ0v) is 13.0. The normalized spacial score (nSPS) is 32.0. The van der Waals surface area contributed by atoms with E-state index in [1.54, 1.807) is 0 Å². The van der Waals surface area contributed by atoms with Crippen LogP contribution in [0.4, 0.5) is 0 Å². The number of aliphatic carboxylic acids is 1. The largest absolute Gasteiger partial charge is 0.481 e. The van der Waals surface area contributed by atoms with Crippen molar-refractivity contribution in [1.82, 2.24) is 0 Å². The molecule has 1 heterocycles. The molecule has 0 aromatic carbocycles. The van der Waals surface area contributed by atoms with Crippen LogP contribution in [-0.2, 0) is 23.4 Å². The van der Waals surface area contributed by atoms with Gasteiger partial charge in [0.05, 0.1) is 6.61 Å². The van der Waals surface area contributed by atoms with Gasteiger partial charge >= 0.3 is 13.8 Å². The van der Waals surface area contributed by atoms with Crippen LogP contribution in [0.1, 0.15) is 19.3 Å². The van der Waals surface area contributed by atoms with Crippen LogP contribution in [0.2, 0.25) is 0 Å². The lowest BCUT2D eigenvalue weighted by molar-refractivity contribution is -0.300. The van der Waals surface area contributed by atoms with Gasteiger partial charge in [-0.15, -0.1) is 0 Å². The maximum atomic E-state index is 10.7. The lowest BCUT2D eigenvalue weighted by Crippen LogP contribution is -2.59. The minimum atomic E-state index is -4.78. The average molecular weight is 360 g/mol. The SMILES string of the molecule is O=C(O)CCCCO[C@H]1OC(COP(=O)(O)O)[C@@H](O)C(O)[C@H]1O. The van der Waals surface area contributed by atoms with Crippen LogP contribution in [0.15, 0.2) is 0 Å². The number of unbranched alkanes of at least 4 members (excludes halogenated alkanes) is 1. The molecule has 0 aliphatic carbocycles. The lowest BCUT2D eigenvalue weighted by atomic mass is 9.99. The van der Waals surface area contributed by atoms with Crippen LogP contribution in [0.25, 0.3) is 0 Å². The van der Waals surface area contributed by atoms with Crippen LogP contribution in [0.5, 0.6) is 0 Å². The molecule has 1 aliphatic rings. The summed E-state index contributed by atoms with van der Waals surface area (Å²) in [7, 11) is -4.78. The molecule has 1 aliphatic heterocycles. The van der Waals surface area contributed by atoms with E-state index in [1.165, 1.54) is 0 Å². The van der Waals surface area contributed by atoms with E-state index in [4.69, 9.17) is 24.4 Å². The molecule has 0 amide bonds. The number of hydrogen-bond donors (Lipinski definition) is 6. The molecule has 1 fully saturated rings. The molecule has 5 atom stereocenters. The second kappa shape index (κ2) is 9.02. The number of carbonyl (C=O) groups is 1. The molecule has 0 radical (unpaired) electrons. The Morgan fingerprint density at radius 1 is 1.09 bits per heavy atom. The number of hydrogen-bond acceptors (Lipinski definition) is 8. The lowest BCUT2D eigenvalue weighted by Gasteiger charge is -2.40. The topological polar surface area (TPSA) is 183 Å². The summed E-state index contributed by atoms with van der Waals surface area (Å²) < 4.78 is 25.2. The monoisotopic (exact) mass is 360 g/mol. The molecule has 11 nitrogen and oxygen atoms in total. The van der Waals surface area contributed by atoms with Crippen molar-refractivity contribution in [3.05, 3.63) is 0 Å². The Labute approximate surface area is 131 Å². The van der Waals surface area contributed by atoms with Gasteiger partial charge in [-0.3, -0.25) is 9.32 Å². The van der Waals surface area contributed by atoms with Gasteiger partial charge in [-0.25, -0.2) is 4.57 Å². The van der Waals surface area contributed by atoms with Gasteiger partial charge in [0.25, 0.3) is 0 Å². The molecule has 0 saturated carbocycles. The smallest absolute Gasteiger partial charge is 0.469 e. The van der Waals surface area contributed by atoms with Crippen LogP contribution in [0, 0.1) is 0 Å². The highest BCUT2D eigenvalue weighted by molar-refractivity contribution is 7.46. The van der Waals surface area contributed by atoms with Gasteiger partial charge in [0.15, 0.2) is 6.29 Å². The standard InChI is InChI=1S/C11H21O11P/c12-7(13)3-1-2-4-20-11-10(16)9(15)8(14)6(22-11)5-21-23(17,18)19/h6,8-11,14-16H,1-5H2,(H,12,13)(H2,17,18,19)/t6?,8-,9?,10-,11+/m1/s1. The third-order valence-electron chi connectivity index (χ3n) is 3.14. The van der Waals surface area contributed by atoms with Crippen molar-refractivity contribution in [2.75, 3.05) is 13.2 Å². The minimum absolute atomic E-state index is 0.0316. The Morgan fingerprint density at radius 3 is 2.30 bits per heavy atom. The second-order valence-electron chi connectivity index (χ2n) is 5.02. The highest BCUT2D eigenvalue weighted by atomic mass is 31.2. The second-order valence-corrected chi connectivity index (χ2v) is 6.26. The van der Waals surface area contributed by atoms with Crippen molar-refractivity contribution < 1.29 is 53.6 Å². The van der Waals surface area contributed by atoms with E-state index in [9.17, 15) is 24.7 Å². The van der Waals surface area contributed by atoms with Crippen LogP contribution < -0.4 is 0 Å². The molecule has 2 unspecified atom stereocenters. The fourth-order valence-electron chi connectivity index (χ4n) is 1.94. The summed E-state index contributed by atoms with van der Waals surface area (Å²) in [5.41, 5.74) is 0. The third-order valence-corrected chi connectivity index (χ3v) is 3.63. The summed E-state index contributed by atoms with van der Waals surface area (Å²) in [5, 5.41) is 37.6. The molecular formula is C11H21O11P. The first-order chi connectivity index (χ1) is 10.6. The summed E-state index contributed by atoms with van der Waals surface area (Å²) in [4.78, 5) is 27.6. The van der Waals surface area contributed by atoms with Crippen molar-refractivity contribution in [3.63, 3.8) is 0 Å². The number of carboxylic acid groups (broad SMARTS) is 1. The molecule has 0 aromatic heterocycles. The number of ether oxygens (including phenoxy) is 2. The number of aliphatic hydroxyl groups is 3. The summed E-state index contributed by atoms with van der Waals surface area (Å²) in [6, 6.07) is 0. The molecule has 12 heteroatoms. The summed E-state index contributed by atoms with van der Waals surface area (Å²) in [5.74, 6) is -0.952. The molecule has 136 valence electrons. The summed E-state index contributed by atoms with van der Waals surface area (Å²) in [6.07, 6.45) is -6.85. The Morgan fingerprint density at radius 2 is 1.74 bits per heavy atom. The number of phosphoric ester groups is 1. The van der Waals surface area contributed by atoms with Crippen LogP contribution in [0.3, 0.4) is 0 Å².